The van der Waals surface area contributed by atoms with Crippen molar-refractivity contribution in [3.8, 4) is 0 Å². The molecule has 0 saturated heterocycles. The molecule has 2 unspecified atom stereocenters. The van der Waals surface area contributed by atoms with E-state index in [1.54, 1.807) is 7.11 Å². The minimum atomic E-state index is -0.205. The highest BCUT2D eigenvalue weighted by atomic mass is 16.5. The monoisotopic (exact) mass is 288 g/mol. The lowest BCUT2D eigenvalue weighted by molar-refractivity contribution is -0.129. The third-order valence-corrected chi connectivity index (χ3v) is 4.37. The lowest BCUT2D eigenvalue weighted by Crippen LogP contribution is -2.41. The van der Waals surface area contributed by atoms with Crippen molar-refractivity contribution in [1.82, 2.24) is 0 Å². The summed E-state index contributed by atoms with van der Waals surface area (Å²) in [5, 5.41) is 0. The van der Waals surface area contributed by atoms with E-state index in [1.807, 2.05) is 0 Å². The Morgan fingerprint density at radius 1 is 0.700 bits per heavy atom. The molecule has 0 bridgehead atoms. The Morgan fingerprint density at radius 3 is 1.50 bits per heavy atom. The fraction of sp³-hybridized carbons (Fsp3) is 1.00. The Hall–Kier alpha value is -0.120. The van der Waals surface area contributed by atoms with E-state index >= 15 is 0 Å². The molecule has 2 atom stereocenters. The predicted octanol–water partition coefficient (Wildman–Crippen LogP) is 4.29. The van der Waals surface area contributed by atoms with Crippen LogP contribution in [0.1, 0.15) is 62.3 Å². The summed E-state index contributed by atoms with van der Waals surface area (Å²) >= 11 is 0. The number of ether oxygens (including phenoxy) is 3. The second kappa shape index (κ2) is 7.24. The Labute approximate surface area is 126 Å². The molecule has 0 N–H and O–H groups in total. The molecule has 0 aromatic rings. The van der Waals surface area contributed by atoms with Crippen LogP contribution in [0.15, 0.2) is 0 Å². The van der Waals surface area contributed by atoms with Crippen LogP contribution in [0.3, 0.4) is 0 Å². The molecule has 0 fully saturated rings. The quantitative estimate of drug-likeness (QED) is 0.666. The van der Waals surface area contributed by atoms with Crippen LogP contribution in [0.5, 0.6) is 0 Å². The molecular weight excluding hydrogens is 252 g/mol. The van der Waals surface area contributed by atoms with Crippen molar-refractivity contribution < 1.29 is 14.2 Å². The van der Waals surface area contributed by atoms with Gasteiger partial charge in [0, 0.05) is 18.9 Å². The third kappa shape index (κ3) is 7.05. The average molecular weight is 288 g/mol. The molecule has 3 nitrogen and oxygen atoms in total. The first-order valence-corrected chi connectivity index (χ1v) is 7.65. The van der Waals surface area contributed by atoms with Crippen LogP contribution in [-0.4, -0.2) is 37.1 Å². The van der Waals surface area contributed by atoms with E-state index in [1.165, 1.54) is 0 Å². The van der Waals surface area contributed by atoms with Crippen LogP contribution in [0.2, 0.25) is 0 Å². The fourth-order valence-electron chi connectivity index (χ4n) is 1.46. The first kappa shape index (κ1) is 19.9. The van der Waals surface area contributed by atoms with Gasteiger partial charge >= 0.3 is 0 Å². The number of rotatable bonds is 8. The molecule has 0 aliphatic carbocycles. The van der Waals surface area contributed by atoms with E-state index in [4.69, 9.17) is 14.2 Å². The minimum Gasteiger partial charge on any atom is -0.378 e. The minimum absolute atomic E-state index is 0.102. The molecule has 0 spiro atoms. The van der Waals surface area contributed by atoms with Gasteiger partial charge < -0.3 is 14.2 Å². The second-order valence-corrected chi connectivity index (χ2v) is 7.95. The van der Waals surface area contributed by atoms with Crippen LogP contribution in [0, 0.1) is 11.8 Å². The van der Waals surface area contributed by atoms with Gasteiger partial charge in [0.25, 0.3) is 0 Å². The summed E-state index contributed by atoms with van der Waals surface area (Å²) < 4.78 is 17.5. The average Bonchev–Trinajstić information content (AvgIpc) is 2.31. The van der Waals surface area contributed by atoms with E-state index in [0.717, 1.165) is 0 Å². The lowest BCUT2D eigenvalue weighted by atomic mass is 9.91. The summed E-state index contributed by atoms with van der Waals surface area (Å²) in [7, 11) is 1.75. The maximum Gasteiger partial charge on any atom is 0.0674 e. The van der Waals surface area contributed by atoms with Crippen molar-refractivity contribution in [1.29, 1.82) is 0 Å². The zero-order valence-electron chi connectivity index (χ0n) is 15.3. The normalized spacial score (nSPS) is 17.1. The van der Waals surface area contributed by atoms with Gasteiger partial charge in [-0.2, -0.15) is 0 Å². The number of methoxy groups -OCH3 is 1. The standard InChI is InChI=1S/C17H36O3/c1-13(16(6,7)18-10)12-20-17(8,9)14(2)11-19-15(3,4)5/h13-14H,11-12H2,1-10H3. The molecule has 3 heteroatoms. The Kier molecular flexibility index (Phi) is 7.19. The molecule has 0 aliphatic heterocycles. The van der Waals surface area contributed by atoms with Gasteiger partial charge in [0.15, 0.2) is 0 Å². The maximum absolute atomic E-state index is 6.15. The van der Waals surface area contributed by atoms with Crippen molar-refractivity contribution >= 4 is 0 Å². The molecule has 0 rings (SSSR count). The molecule has 0 amide bonds. The van der Waals surface area contributed by atoms with Crippen LogP contribution in [0.4, 0.5) is 0 Å². The van der Waals surface area contributed by atoms with Crippen molar-refractivity contribution in [3.05, 3.63) is 0 Å². The highest BCUT2D eigenvalue weighted by Crippen LogP contribution is 2.27. The second-order valence-electron chi connectivity index (χ2n) is 7.95. The van der Waals surface area contributed by atoms with E-state index in [2.05, 4.69) is 62.3 Å². The zero-order chi connectivity index (χ0) is 16.2. The highest BCUT2D eigenvalue weighted by Gasteiger charge is 2.32. The molecule has 0 heterocycles. The molecule has 20 heavy (non-hydrogen) atoms. The van der Waals surface area contributed by atoms with Crippen molar-refractivity contribution in [2.24, 2.45) is 11.8 Å². The van der Waals surface area contributed by atoms with Gasteiger partial charge in [-0.25, -0.2) is 0 Å². The topological polar surface area (TPSA) is 27.7 Å². The van der Waals surface area contributed by atoms with E-state index in [0.29, 0.717) is 25.0 Å². The summed E-state index contributed by atoms with van der Waals surface area (Å²) in [6.07, 6.45) is 0. The van der Waals surface area contributed by atoms with Crippen molar-refractivity contribution in [2.75, 3.05) is 20.3 Å². The lowest BCUT2D eigenvalue weighted by Gasteiger charge is -2.37. The molecule has 0 saturated carbocycles. The Morgan fingerprint density at radius 2 is 1.10 bits per heavy atom. The summed E-state index contributed by atoms with van der Waals surface area (Å²) in [6, 6.07) is 0. The van der Waals surface area contributed by atoms with Gasteiger partial charge in [0.05, 0.1) is 30.0 Å². The van der Waals surface area contributed by atoms with Crippen molar-refractivity contribution in [2.45, 2.75) is 79.1 Å². The smallest absolute Gasteiger partial charge is 0.0674 e. The van der Waals surface area contributed by atoms with Gasteiger partial charge in [-0.3, -0.25) is 0 Å². The summed E-state index contributed by atoms with van der Waals surface area (Å²) in [4.78, 5) is 0. The Balaban J connectivity index is 4.37. The number of hydrogen-bond donors (Lipinski definition) is 0. The van der Waals surface area contributed by atoms with Gasteiger partial charge in [0.1, 0.15) is 0 Å². The fourth-order valence-corrected chi connectivity index (χ4v) is 1.46. The summed E-state index contributed by atoms with van der Waals surface area (Å²) in [5.41, 5.74) is -0.472. The molecule has 122 valence electrons. The molecule has 0 aromatic carbocycles. The van der Waals surface area contributed by atoms with E-state index < -0.39 is 0 Å². The molecule has 0 radical (unpaired) electrons. The van der Waals surface area contributed by atoms with Gasteiger partial charge in [-0.05, 0) is 48.5 Å². The van der Waals surface area contributed by atoms with Gasteiger partial charge in [-0.1, -0.05) is 13.8 Å². The van der Waals surface area contributed by atoms with Crippen LogP contribution < -0.4 is 0 Å². The largest absolute Gasteiger partial charge is 0.378 e. The number of hydrogen-bond acceptors (Lipinski definition) is 3. The summed E-state index contributed by atoms with van der Waals surface area (Å²) in [5.74, 6) is 0.669. The Bertz CT molecular complexity index is 276. The third-order valence-electron chi connectivity index (χ3n) is 4.37. The van der Waals surface area contributed by atoms with E-state index in [9.17, 15) is 0 Å². The predicted molar refractivity (Wildman–Crippen MR) is 85.2 cm³/mol. The first-order valence-electron chi connectivity index (χ1n) is 7.65. The van der Waals surface area contributed by atoms with Gasteiger partial charge in [0.2, 0.25) is 0 Å². The van der Waals surface area contributed by atoms with Crippen molar-refractivity contribution in [3.63, 3.8) is 0 Å². The molecule has 0 aromatic heterocycles. The highest BCUT2D eigenvalue weighted by molar-refractivity contribution is 4.80. The SMILES string of the molecule is COC(C)(C)C(C)COC(C)(C)C(C)COC(C)(C)C. The maximum atomic E-state index is 6.15. The van der Waals surface area contributed by atoms with Crippen LogP contribution in [-0.2, 0) is 14.2 Å². The zero-order valence-corrected chi connectivity index (χ0v) is 15.3. The molecular formula is C17H36O3. The van der Waals surface area contributed by atoms with Crippen LogP contribution in [0.25, 0.3) is 0 Å². The van der Waals surface area contributed by atoms with Gasteiger partial charge in [-0.15, -0.1) is 0 Å². The first-order chi connectivity index (χ1) is 8.82. The van der Waals surface area contributed by atoms with Crippen LogP contribution >= 0.6 is 0 Å². The molecule has 0 aliphatic rings. The summed E-state index contributed by atoms with van der Waals surface area (Å²) in [6.45, 7) is 20.4. The van der Waals surface area contributed by atoms with E-state index in [-0.39, 0.29) is 16.8 Å².